The molecule has 2 saturated heterocycles. The van der Waals surface area contributed by atoms with E-state index in [0.717, 1.165) is 32.2 Å². The highest BCUT2D eigenvalue weighted by molar-refractivity contribution is 5.85. The summed E-state index contributed by atoms with van der Waals surface area (Å²) >= 11 is 0. The fourth-order valence-electron chi connectivity index (χ4n) is 3.46. The van der Waals surface area contributed by atoms with Gasteiger partial charge in [0, 0.05) is 12.6 Å². The first-order valence-electron chi connectivity index (χ1n) is 6.65. The average molecular weight is 243 g/mol. The van der Waals surface area contributed by atoms with Gasteiger partial charge in [-0.25, -0.2) is 0 Å². The molecule has 2 bridgehead atoms. The van der Waals surface area contributed by atoms with Crippen LogP contribution in [0.15, 0.2) is 30.3 Å². The SMILES string of the molecule is NC(=O)C12C[CH]CC(CC1)N2Cc1ccccc1. The van der Waals surface area contributed by atoms with Gasteiger partial charge in [0.1, 0.15) is 5.54 Å². The quantitative estimate of drug-likeness (QED) is 0.881. The predicted molar refractivity (Wildman–Crippen MR) is 70.5 cm³/mol. The van der Waals surface area contributed by atoms with Gasteiger partial charge in [0.15, 0.2) is 0 Å². The molecule has 1 aromatic carbocycles. The molecule has 95 valence electrons. The van der Waals surface area contributed by atoms with Crippen LogP contribution in [0.1, 0.15) is 31.2 Å². The van der Waals surface area contributed by atoms with E-state index in [0.29, 0.717) is 6.04 Å². The normalized spacial score (nSPS) is 31.4. The number of carbonyl (C=O) groups is 1. The number of hydrogen-bond donors (Lipinski definition) is 1. The van der Waals surface area contributed by atoms with Crippen LogP contribution in [0.2, 0.25) is 0 Å². The van der Waals surface area contributed by atoms with E-state index < -0.39 is 5.54 Å². The minimum Gasteiger partial charge on any atom is -0.368 e. The summed E-state index contributed by atoms with van der Waals surface area (Å²) in [6.45, 7) is 0.836. The second-order valence-electron chi connectivity index (χ2n) is 5.43. The zero-order valence-corrected chi connectivity index (χ0v) is 10.5. The van der Waals surface area contributed by atoms with Gasteiger partial charge in [-0.05, 0) is 37.7 Å². The lowest BCUT2D eigenvalue weighted by atomic mass is 9.87. The molecule has 0 spiro atoms. The monoisotopic (exact) mass is 243 g/mol. The topological polar surface area (TPSA) is 46.3 Å². The van der Waals surface area contributed by atoms with Gasteiger partial charge in [0.25, 0.3) is 0 Å². The van der Waals surface area contributed by atoms with Crippen molar-refractivity contribution in [3.05, 3.63) is 42.3 Å². The van der Waals surface area contributed by atoms with Crippen molar-refractivity contribution in [1.82, 2.24) is 4.90 Å². The Morgan fingerprint density at radius 3 is 2.89 bits per heavy atom. The van der Waals surface area contributed by atoms with Gasteiger partial charge in [0.05, 0.1) is 0 Å². The van der Waals surface area contributed by atoms with Crippen LogP contribution < -0.4 is 5.73 Å². The molecule has 2 heterocycles. The third kappa shape index (κ3) is 1.74. The van der Waals surface area contributed by atoms with Crippen molar-refractivity contribution in [2.75, 3.05) is 0 Å². The van der Waals surface area contributed by atoms with Crippen molar-refractivity contribution in [2.45, 2.75) is 43.8 Å². The van der Waals surface area contributed by atoms with Crippen LogP contribution in [-0.4, -0.2) is 22.4 Å². The molecule has 1 amide bonds. The average Bonchev–Trinajstić information content (AvgIpc) is 2.60. The highest BCUT2D eigenvalue weighted by atomic mass is 16.1. The summed E-state index contributed by atoms with van der Waals surface area (Å²) < 4.78 is 0. The van der Waals surface area contributed by atoms with Gasteiger partial charge in [0.2, 0.25) is 5.91 Å². The third-order valence-corrected chi connectivity index (χ3v) is 4.46. The molecule has 0 aliphatic carbocycles. The lowest BCUT2D eigenvalue weighted by molar-refractivity contribution is -0.131. The Kier molecular flexibility index (Phi) is 2.86. The molecule has 2 fully saturated rings. The van der Waals surface area contributed by atoms with Gasteiger partial charge in [-0.2, -0.15) is 0 Å². The van der Waals surface area contributed by atoms with Crippen LogP contribution in [0.5, 0.6) is 0 Å². The first-order valence-corrected chi connectivity index (χ1v) is 6.65. The highest BCUT2D eigenvalue weighted by Crippen LogP contribution is 2.44. The molecular formula is C15H19N2O. The van der Waals surface area contributed by atoms with E-state index in [4.69, 9.17) is 5.73 Å². The first-order chi connectivity index (χ1) is 8.72. The van der Waals surface area contributed by atoms with Crippen molar-refractivity contribution in [3.63, 3.8) is 0 Å². The van der Waals surface area contributed by atoms with Crippen molar-refractivity contribution in [1.29, 1.82) is 0 Å². The van der Waals surface area contributed by atoms with E-state index >= 15 is 0 Å². The van der Waals surface area contributed by atoms with Crippen LogP contribution in [-0.2, 0) is 11.3 Å². The Morgan fingerprint density at radius 2 is 2.17 bits per heavy atom. The van der Waals surface area contributed by atoms with Crippen molar-refractivity contribution >= 4 is 5.91 Å². The zero-order valence-electron chi connectivity index (χ0n) is 10.5. The Balaban J connectivity index is 1.88. The smallest absolute Gasteiger partial charge is 0.237 e. The third-order valence-electron chi connectivity index (χ3n) is 4.46. The molecule has 1 aromatic rings. The molecular weight excluding hydrogens is 224 g/mol. The summed E-state index contributed by atoms with van der Waals surface area (Å²) in [6.07, 6.45) is 6.14. The number of fused-ring (bicyclic) bond motifs is 2. The summed E-state index contributed by atoms with van der Waals surface area (Å²) in [5.74, 6) is -0.156. The fourth-order valence-corrected chi connectivity index (χ4v) is 3.46. The molecule has 2 aliphatic heterocycles. The van der Waals surface area contributed by atoms with Gasteiger partial charge < -0.3 is 5.73 Å². The Hall–Kier alpha value is -1.35. The standard InChI is InChI=1S/C15H19N2O/c16-14(18)15-9-4-7-13(8-10-15)17(15)11-12-5-2-1-3-6-12/h1-6,13H,7-11H2,(H2,16,18). The number of nitrogens with two attached hydrogens (primary N) is 1. The van der Waals surface area contributed by atoms with E-state index in [1.54, 1.807) is 0 Å². The first kappa shape index (κ1) is 11.7. The molecule has 2 atom stereocenters. The van der Waals surface area contributed by atoms with E-state index in [9.17, 15) is 4.79 Å². The van der Waals surface area contributed by atoms with Crippen molar-refractivity contribution in [3.8, 4) is 0 Å². The van der Waals surface area contributed by atoms with Gasteiger partial charge >= 0.3 is 0 Å². The van der Waals surface area contributed by atoms with Crippen LogP contribution >= 0.6 is 0 Å². The molecule has 0 aromatic heterocycles. The van der Waals surface area contributed by atoms with Crippen LogP contribution in [0, 0.1) is 6.42 Å². The molecule has 2 unspecified atom stereocenters. The number of primary amides is 1. The molecule has 2 N–H and O–H groups in total. The maximum absolute atomic E-state index is 11.9. The lowest BCUT2D eigenvalue weighted by Crippen LogP contribution is -2.57. The van der Waals surface area contributed by atoms with Gasteiger partial charge in [-0.1, -0.05) is 30.3 Å². The van der Waals surface area contributed by atoms with Crippen molar-refractivity contribution in [2.24, 2.45) is 5.73 Å². The molecule has 18 heavy (non-hydrogen) atoms. The number of amides is 1. The second kappa shape index (κ2) is 4.39. The van der Waals surface area contributed by atoms with Gasteiger partial charge in [-0.15, -0.1) is 0 Å². The summed E-state index contributed by atoms with van der Waals surface area (Å²) in [4.78, 5) is 14.2. The highest BCUT2D eigenvalue weighted by Gasteiger charge is 2.52. The lowest BCUT2D eigenvalue weighted by Gasteiger charge is -2.42. The van der Waals surface area contributed by atoms with Crippen LogP contribution in [0.4, 0.5) is 0 Å². The predicted octanol–water partition coefficient (Wildman–Crippen LogP) is 1.87. The van der Waals surface area contributed by atoms with E-state index in [-0.39, 0.29) is 5.91 Å². The minimum absolute atomic E-state index is 0.156. The Bertz CT molecular complexity index is 441. The summed E-state index contributed by atoms with van der Waals surface area (Å²) in [6, 6.07) is 10.8. The maximum Gasteiger partial charge on any atom is 0.237 e. The number of benzene rings is 1. The summed E-state index contributed by atoms with van der Waals surface area (Å²) in [5.41, 5.74) is 6.53. The van der Waals surface area contributed by atoms with E-state index in [1.165, 1.54) is 5.56 Å². The van der Waals surface area contributed by atoms with Gasteiger partial charge in [-0.3, -0.25) is 9.69 Å². The number of nitrogens with zero attached hydrogens (tertiary/aromatic N) is 1. The maximum atomic E-state index is 11.9. The number of hydrogen-bond acceptors (Lipinski definition) is 2. The van der Waals surface area contributed by atoms with Crippen LogP contribution in [0.3, 0.4) is 0 Å². The van der Waals surface area contributed by atoms with E-state index in [2.05, 4.69) is 23.5 Å². The summed E-state index contributed by atoms with van der Waals surface area (Å²) in [5, 5.41) is 0. The summed E-state index contributed by atoms with van der Waals surface area (Å²) in [7, 11) is 0. The fraction of sp³-hybridized carbons (Fsp3) is 0.467. The zero-order chi connectivity index (χ0) is 12.6. The van der Waals surface area contributed by atoms with Crippen molar-refractivity contribution < 1.29 is 4.79 Å². The molecule has 0 saturated carbocycles. The van der Waals surface area contributed by atoms with E-state index in [1.807, 2.05) is 18.2 Å². The molecule has 3 nitrogen and oxygen atoms in total. The number of piperidine rings is 1. The Labute approximate surface area is 108 Å². The minimum atomic E-state index is -0.418. The molecule has 3 heteroatoms. The largest absolute Gasteiger partial charge is 0.368 e. The molecule has 3 rings (SSSR count). The number of carbonyl (C=O) groups excluding carboxylic acids is 1. The Morgan fingerprint density at radius 1 is 1.39 bits per heavy atom. The number of rotatable bonds is 3. The van der Waals surface area contributed by atoms with Crippen LogP contribution in [0.25, 0.3) is 0 Å². The molecule has 2 aliphatic rings. The molecule has 1 radical (unpaired) electrons. The second-order valence-corrected chi connectivity index (χ2v) is 5.43.